The van der Waals surface area contributed by atoms with Crippen molar-refractivity contribution in [1.82, 2.24) is 14.9 Å². The molecule has 5 heteroatoms. The van der Waals surface area contributed by atoms with Crippen molar-refractivity contribution in [2.24, 2.45) is 0 Å². The normalized spacial score (nSPS) is 25.3. The minimum Gasteiger partial charge on any atom is -0.384 e. The van der Waals surface area contributed by atoms with Gasteiger partial charge in [-0.05, 0) is 33.2 Å². The van der Waals surface area contributed by atoms with Crippen molar-refractivity contribution in [3.8, 4) is 0 Å². The van der Waals surface area contributed by atoms with Gasteiger partial charge in [0.05, 0.1) is 12.1 Å². The lowest BCUT2D eigenvalue weighted by Crippen LogP contribution is -2.47. The average molecular weight is 250 g/mol. The van der Waals surface area contributed by atoms with Gasteiger partial charge in [0.25, 0.3) is 0 Å². The molecule has 1 unspecified atom stereocenters. The standard InChI is InChI=1S/C13H22N4O/c1-10-7-11(14)16-12(15-10)8-17-6-4-5-13(2,9-17)18-3/h7H,4-6,8-9H2,1-3H3,(H2,14,15,16). The Hall–Kier alpha value is -1.20. The molecule has 1 aromatic heterocycles. The van der Waals surface area contributed by atoms with Crippen molar-refractivity contribution in [2.75, 3.05) is 25.9 Å². The van der Waals surface area contributed by atoms with Gasteiger partial charge in [-0.2, -0.15) is 0 Å². The maximum Gasteiger partial charge on any atom is 0.144 e. The van der Waals surface area contributed by atoms with E-state index in [-0.39, 0.29) is 5.60 Å². The SMILES string of the molecule is COC1(C)CCCN(Cc2nc(C)cc(N)n2)C1. The molecule has 2 N–H and O–H groups in total. The minimum atomic E-state index is -0.0480. The van der Waals surface area contributed by atoms with Crippen LogP contribution in [0.4, 0.5) is 5.82 Å². The number of ether oxygens (including phenoxy) is 1. The van der Waals surface area contributed by atoms with Gasteiger partial charge < -0.3 is 10.5 Å². The van der Waals surface area contributed by atoms with E-state index in [1.54, 1.807) is 13.2 Å². The van der Waals surface area contributed by atoms with E-state index in [4.69, 9.17) is 10.5 Å². The summed E-state index contributed by atoms with van der Waals surface area (Å²) < 4.78 is 5.59. The molecular weight excluding hydrogens is 228 g/mol. The molecule has 0 aliphatic carbocycles. The smallest absolute Gasteiger partial charge is 0.144 e. The molecule has 1 aliphatic rings. The maximum absolute atomic E-state index is 5.75. The topological polar surface area (TPSA) is 64.3 Å². The highest BCUT2D eigenvalue weighted by atomic mass is 16.5. The summed E-state index contributed by atoms with van der Waals surface area (Å²) in [6.07, 6.45) is 2.25. The van der Waals surface area contributed by atoms with Crippen LogP contribution in [0.3, 0.4) is 0 Å². The first kappa shape index (κ1) is 13.2. The molecule has 0 amide bonds. The molecule has 1 aliphatic heterocycles. The summed E-state index contributed by atoms with van der Waals surface area (Å²) in [7, 11) is 1.78. The van der Waals surface area contributed by atoms with E-state index in [2.05, 4.69) is 21.8 Å². The van der Waals surface area contributed by atoms with Crippen molar-refractivity contribution in [3.05, 3.63) is 17.6 Å². The first-order valence-corrected chi connectivity index (χ1v) is 6.38. The second-order valence-electron chi connectivity index (χ2n) is 5.32. The van der Waals surface area contributed by atoms with Crippen LogP contribution in [-0.4, -0.2) is 40.7 Å². The van der Waals surface area contributed by atoms with Gasteiger partial charge in [0.1, 0.15) is 11.6 Å². The van der Waals surface area contributed by atoms with E-state index >= 15 is 0 Å². The highest BCUT2D eigenvalue weighted by Gasteiger charge is 2.30. The van der Waals surface area contributed by atoms with E-state index < -0.39 is 0 Å². The Bertz CT molecular complexity index is 403. The molecule has 0 bridgehead atoms. The first-order valence-electron chi connectivity index (χ1n) is 6.38. The van der Waals surface area contributed by atoms with Gasteiger partial charge in [0, 0.05) is 25.4 Å². The van der Waals surface area contributed by atoms with E-state index in [0.717, 1.165) is 44.0 Å². The number of piperidine rings is 1. The summed E-state index contributed by atoms with van der Waals surface area (Å²) in [5, 5.41) is 0. The fourth-order valence-electron chi connectivity index (χ4n) is 2.54. The lowest BCUT2D eigenvalue weighted by Gasteiger charge is -2.39. The second kappa shape index (κ2) is 5.20. The molecule has 0 spiro atoms. The van der Waals surface area contributed by atoms with Crippen molar-refractivity contribution in [3.63, 3.8) is 0 Å². The fraction of sp³-hybridized carbons (Fsp3) is 0.692. The van der Waals surface area contributed by atoms with Crippen LogP contribution < -0.4 is 5.73 Å². The van der Waals surface area contributed by atoms with Crippen molar-refractivity contribution < 1.29 is 4.74 Å². The maximum atomic E-state index is 5.75. The molecule has 1 atom stereocenters. The predicted octanol–water partition coefficient (Wildman–Crippen LogP) is 1.37. The monoisotopic (exact) mass is 250 g/mol. The third kappa shape index (κ3) is 3.17. The largest absolute Gasteiger partial charge is 0.384 e. The van der Waals surface area contributed by atoms with Crippen LogP contribution in [0.5, 0.6) is 0 Å². The fourth-order valence-corrected chi connectivity index (χ4v) is 2.54. The molecule has 5 nitrogen and oxygen atoms in total. The van der Waals surface area contributed by atoms with Crippen LogP contribution in [-0.2, 0) is 11.3 Å². The van der Waals surface area contributed by atoms with Gasteiger partial charge in [-0.25, -0.2) is 9.97 Å². The number of hydrogen-bond acceptors (Lipinski definition) is 5. The third-order valence-corrected chi connectivity index (χ3v) is 3.52. The number of hydrogen-bond donors (Lipinski definition) is 1. The van der Waals surface area contributed by atoms with Crippen molar-refractivity contribution in [1.29, 1.82) is 0 Å². The number of anilines is 1. The summed E-state index contributed by atoms with van der Waals surface area (Å²) in [5.41, 5.74) is 6.62. The van der Waals surface area contributed by atoms with E-state index in [1.165, 1.54) is 0 Å². The highest BCUT2D eigenvalue weighted by Crippen LogP contribution is 2.24. The summed E-state index contributed by atoms with van der Waals surface area (Å²) >= 11 is 0. The zero-order valence-corrected chi connectivity index (χ0v) is 11.4. The zero-order chi connectivity index (χ0) is 13.2. The molecule has 0 radical (unpaired) electrons. The zero-order valence-electron chi connectivity index (χ0n) is 11.4. The Kier molecular flexibility index (Phi) is 3.82. The Morgan fingerprint density at radius 3 is 2.94 bits per heavy atom. The molecule has 2 rings (SSSR count). The summed E-state index contributed by atoms with van der Waals surface area (Å²) in [4.78, 5) is 11.0. The van der Waals surface area contributed by atoms with Crippen LogP contribution in [0.15, 0.2) is 6.07 Å². The highest BCUT2D eigenvalue weighted by molar-refractivity contribution is 5.29. The van der Waals surface area contributed by atoms with Crippen LogP contribution in [0.25, 0.3) is 0 Å². The van der Waals surface area contributed by atoms with Crippen LogP contribution in [0.1, 0.15) is 31.3 Å². The van der Waals surface area contributed by atoms with Gasteiger partial charge in [0.2, 0.25) is 0 Å². The third-order valence-electron chi connectivity index (χ3n) is 3.52. The quantitative estimate of drug-likeness (QED) is 0.877. The summed E-state index contributed by atoms with van der Waals surface area (Å²) in [6, 6.07) is 1.79. The minimum absolute atomic E-state index is 0.0480. The Balaban J connectivity index is 2.04. The molecular formula is C13H22N4O. The predicted molar refractivity (Wildman–Crippen MR) is 71.1 cm³/mol. The van der Waals surface area contributed by atoms with E-state index in [0.29, 0.717) is 5.82 Å². The molecule has 100 valence electrons. The number of rotatable bonds is 3. The number of aromatic nitrogens is 2. The molecule has 18 heavy (non-hydrogen) atoms. The number of likely N-dealkylation sites (tertiary alicyclic amines) is 1. The second-order valence-corrected chi connectivity index (χ2v) is 5.32. The summed E-state index contributed by atoms with van der Waals surface area (Å²) in [5.74, 6) is 1.34. The van der Waals surface area contributed by atoms with Crippen molar-refractivity contribution in [2.45, 2.75) is 38.8 Å². The van der Waals surface area contributed by atoms with E-state index in [9.17, 15) is 0 Å². The Morgan fingerprint density at radius 2 is 2.28 bits per heavy atom. The Morgan fingerprint density at radius 1 is 1.50 bits per heavy atom. The molecule has 0 aromatic carbocycles. The number of methoxy groups -OCH3 is 1. The van der Waals surface area contributed by atoms with Gasteiger partial charge >= 0.3 is 0 Å². The first-order chi connectivity index (χ1) is 8.50. The van der Waals surface area contributed by atoms with Gasteiger partial charge in [-0.1, -0.05) is 0 Å². The molecule has 2 heterocycles. The number of nitrogens with two attached hydrogens (primary N) is 1. The number of nitrogens with zero attached hydrogens (tertiary/aromatic N) is 3. The lowest BCUT2D eigenvalue weighted by atomic mass is 9.95. The van der Waals surface area contributed by atoms with Gasteiger partial charge in [-0.3, -0.25) is 4.90 Å². The molecule has 0 saturated carbocycles. The van der Waals surface area contributed by atoms with Crippen molar-refractivity contribution >= 4 is 5.82 Å². The van der Waals surface area contributed by atoms with Crippen LogP contribution in [0.2, 0.25) is 0 Å². The van der Waals surface area contributed by atoms with Gasteiger partial charge in [-0.15, -0.1) is 0 Å². The molecule has 1 saturated heterocycles. The van der Waals surface area contributed by atoms with Crippen LogP contribution in [0, 0.1) is 6.92 Å². The molecule has 1 fully saturated rings. The van der Waals surface area contributed by atoms with Gasteiger partial charge in [0.15, 0.2) is 0 Å². The number of aryl methyl sites for hydroxylation is 1. The number of nitrogen functional groups attached to an aromatic ring is 1. The molecule has 1 aromatic rings. The lowest BCUT2D eigenvalue weighted by molar-refractivity contribution is -0.0532. The van der Waals surface area contributed by atoms with E-state index in [1.807, 2.05) is 6.92 Å². The van der Waals surface area contributed by atoms with Crippen LogP contribution >= 0.6 is 0 Å². The Labute approximate surface area is 108 Å². The summed E-state index contributed by atoms with van der Waals surface area (Å²) in [6.45, 7) is 6.82. The average Bonchev–Trinajstić information content (AvgIpc) is 2.27.